The van der Waals surface area contributed by atoms with E-state index in [4.69, 9.17) is 0 Å². The van der Waals surface area contributed by atoms with Crippen LogP contribution in [0.15, 0.2) is 23.7 Å². The molecule has 3 aromatic rings. The molecule has 0 aliphatic rings. The van der Waals surface area contributed by atoms with Crippen LogP contribution < -0.4 is 5.32 Å². The molecule has 0 saturated heterocycles. The topological polar surface area (TPSA) is 53.6 Å². The monoisotopic (exact) mass is 258 g/mol. The molecular weight excluding hydrogens is 244 g/mol. The summed E-state index contributed by atoms with van der Waals surface area (Å²) in [4.78, 5) is 4.27. The van der Waals surface area contributed by atoms with Crippen LogP contribution in [0.1, 0.15) is 17.0 Å². The van der Waals surface area contributed by atoms with Gasteiger partial charge in [0.2, 0.25) is 0 Å². The minimum absolute atomic E-state index is 0.790. The molecule has 4 nitrogen and oxygen atoms in total. The Balaban J connectivity index is 1.80. The zero-order chi connectivity index (χ0) is 12.5. The maximum Gasteiger partial charge on any atom is 0.0813 e. The Hall–Kier alpha value is -1.88. The first kappa shape index (κ1) is 11.2. The van der Waals surface area contributed by atoms with Gasteiger partial charge in [-0.1, -0.05) is 0 Å². The van der Waals surface area contributed by atoms with Gasteiger partial charge in [0, 0.05) is 23.5 Å². The van der Waals surface area contributed by atoms with Crippen LogP contribution in [0.2, 0.25) is 0 Å². The number of nitrogens with zero attached hydrogens (tertiary/aromatic N) is 2. The molecule has 1 aromatic carbocycles. The summed E-state index contributed by atoms with van der Waals surface area (Å²) in [6.45, 7) is 4.86. The number of hydrogen-bond donors (Lipinski definition) is 2. The highest BCUT2D eigenvalue weighted by molar-refractivity contribution is 7.16. The standard InChI is InChI=1S/C13H14N4S/c1-8-11(9(2)17-16-8)6-14-10-3-4-12-13(5-10)18-7-15-12/h3-5,7,14H,6H2,1-2H3,(H,16,17). The predicted molar refractivity (Wildman–Crippen MR) is 75.0 cm³/mol. The summed E-state index contributed by atoms with van der Waals surface area (Å²) in [6, 6.07) is 6.24. The second-order valence-corrected chi connectivity index (χ2v) is 5.19. The fraction of sp³-hybridized carbons (Fsp3) is 0.231. The van der Waals surface area contributed by atoms with Crippen molar-refractivity contribution in [1.82, 2.24) is 15.2 Å². The maximum absolute atomic E-state index is 4.27. The molecule has 92 valence electrons. The quantitative estimate of drug-likeness (QED) is 0.758. The molecule has 0 bridgehead atoms. The van der Waals surface area contributed by atoms with Gasteiger partial charge in [-0.3, -0.25) is 5.10 Å². The van der Waals surface area contributed by atoms with Gasteiger partial charge in [0.05, 0.1) is 21.4 Å². The van der Waals surface area contributed by atoms with Crippen molar-refractivity contribution in [2.75, 3.05) is 5.32 Å². The number of aromatic amines is 1. The molecule has 0 amide bonds. The average molecular weight is 258 g/mol. The normalized spacial score (nSPS) is 11.0. The van der Waals surface area contributed by atoms with Crippen molar-refractivity contribution >= 4 is 27.2 Å². The lowest BCUT2D eigenvalue weighted by Gasteiger charge is -2.06. The van der Waals surface area contributed by atoms with Gasteiger partial charge < -0.3 is 5.32 Å². The zero-order valence-corrected chi connectivity index (χ0v) is 11.1. The molecule has 0 aliphatic heterocycles. The van der Waals surface area contributed by atoms with Crippen molar-refractivity contribution in [2.45, 2.75) is 20.4 Å². The van der Waals surface area contributed by atoms with Crippen molar-refractivity contribution in [1.29, 1.82) is 0 Å². The van der Waals surface area contributed by atoms with E-state index in [1.165, 1.54) is 10.3 Å². The number of anilines is 1. The lowest BCUT2D eigenvalue weighted by molar-refractivity contribution is 1.02. The van der Waals surface area contributed by atoms with Gasteiger partial charge >= 0.3 is 0 Å². The molecule has 18 heavy (non-hydrogen) atoms. The van der Waals surface area contributed by atoms with Crippen LogP contribution in [0.3, 0.4) is 0 Å². The molecule has 2 N–H and O–H groups in total. The van der Waals surface area contributed by atoms with E-state index in [-0.39, 0.29) is 0 Å². The second kappa shape index (κ2) is 4.42. The van der Waals surface area contributed by atoms with Gasteiger partial charge in [-0.05, 0) is 32.0 Å². The minimum atomic E-state index is 0.790. The first-order valence-electron chi connectivity index (χ1n) is 5.81. The second-order valence-electron chi connectivity index (χ2n) is 4.30. The number of benzene rings is 1. The first-order valence-corrected chi connectivity index (χ1v) is 6.69. The highest BCUT2D eigenvalue weighted by atomic mass is 32.1. The average Bonchev–Trinajstić information content (AvgIpc) is 2.94. The number of aromatic nitrogens is 3. The zero-order valence-electron chi connectivity index (χ0n) is 10.3. The van der Waals surface area contributed by atoms with E-state index in [2.05, 4.69) is 32.6 Å². The van der Waals surface area contributed by atoms with E-state index in [0.29, 0.717) is 0 Å². The highest BCUT2D eigenvalue weighted by Gasteiger charge is 2.06. The third kappa shape index (κ3) is 1.97. The van der Waals surface area contributed by atoms with E-state index in [1.54, 1.807) is 11.3 Å². The van der Waals surface area contributed by atoms with E-state index >= 15 is 0 Å². The van der Waals surface area contributed by atoms with E-state index in [0.717, 1.165) is 29.1 Å². The Morgan fingerprint density at radius 2 is 2.22 bits per heavy atom. The lowest BCUT2D eigenvalue weighted by atomic mass is 10.2. The molecule has 0 spiro atoms. The summed E-state index contributed by atoms with van der Waals surface area (Å²) in [6.07, 6.45) is 0. The Morgan fingerprint density at radius 1 is 1.33 bits per heavy atom. The van der Waals surface area contributed by atoms with Crippen molar-refractivity contribution < 1.29 is 0 Å². The van der Waals surface area contributed by atoms with Crippen molar-refractivity contribution in [3.8, 4) is 0 Å². The molecule has 3 rings (SSSR count). The maximum atomic E-state index is 4.27. The molecule has 0 fully saturated rings. The van der Waals surface area contributed by atoms with Crippen LogP contribution in [0.25, 0.3) is 10.2 Å². The van der Waals surface area contributed by atoms with Gasteiger partial charge in [-0.2, -0.15) is 5.10 Å². The summed E-state index contributed by atoms with van der Waals surface area (Å²) >= 11 is 1.66. The summed E-state index contributed by atoms with van der Waals surface area (Å²) in [5, 5.41) is 10.6. The molecule has 0 radical (unpaired) electrons. The van der Waals surface area contributed by atoms with Crippen LogP contribution in [0.4, 0.5) is 5.69 Å². The molecule has 0 saturated carbocycles. The van der Waals surface area contributed by atoms with Gasteiger partial charge in [-0.15, -0.1) is 11.3 Å². The van der Waals surface area contributed by atoms with Crippen LogP contribution in [0, 0.1) is 13.8 Å². The summed E-state index contributed by atoms with van der Waals surface area (Å²) < 4.78 is 1.21. The van der Waals surface area contributed by atoms with Crippen molar-refractivity contribution in [3.63, 3.8) is 0 Å². The van der Waals surface area contributed by atoms with Gasteiger partial charge in [0.1, 0.15) is 0 Å². The Kier molecular flexibility index (Phi) is 2.76. The van der Waals surface area contributed by atoms with Crippen LogP contribution in [-0.4, -0.2) is 15.2 Å². The number of aryl methyl sites for hydroxylation is 2. The fourth-order valence-corrected chi connectivity index (χ4v) is 2.71. The SMILES string of the molecule is Cc1n[nH]c(C)c1CNc1ccc2ncsc2c1. The van der Waals surface area contributed by atoms with Crippen LogP contribution in [0.5, 0.6) is 0 Å². The van der Waals surface area contributed by atoms with E-state index in [9.17, 15) is 0 Å². The van der Waals surface area contributed by atoms with Gasteiger partial charge in [-0.25, -0.2) is 4.98 Å². The first-order chi connectivity index (χ1) is 8.74. The Morgan fingerprint density at radius 3 is 3.00 bits per heavy atom. The molecule has 2 heterocycles. The fourth-order valence-electron chi connectivity index (χ4n) is 1.99. The number of thiazole rings is 1. The number of rotatable bonds is 3. The number of nitrogens with one attached hydrogen (secondary N) is 2. The lowest BCUT2D eigenvalue weighted by Crippen LogP contribution is -2.01. The molecule has 0 unspecified atom stereocenters. The molecular formula is C13H14N4S. The minimum Gasteiger partial charge on any atom is -0.381 e. The van der Waals surface area contributed by atoms with E-state index < -0.39 is 0 Å². The summed E-state index contributed by atoms with van der Waals surface area (Å²) in [5.74, 6) is 0. The van der Waals surface area contributed by atoms with Crippen molar-refractivity contribution in [3.05, 3.63) is 40.7 Å². The Bertz CT molecular complexity index is 664. The van der Waals surface area contributed by atoms with Gasteiger partial charge in [0.25, 0.3) is 0 Å². The summed E-state index contributed by atoms with van der Waals surface area (Å²) in [5.41, 5.74) is 7.46. The number of H-pyrrole nitrogens is 1. The van der Waals surface area contributed by atoms with Gasteiger partial charge in [0.15, 0.2) is 0 Å². The molecule has 0 aliphatic carbocycles. The number of fused-ring (bicyclic) bond motifs is 1. The van der Waals surface area contributed by atoms with E-state index in [1.807, 2.05) is 25.4 Å². The smallest absolute Gasteiger partial charge is 0.0813 e. The Labute approximate surface area is 109 Å². The molecule has 2 aromatic heterocycles. The number of hydrogen-bond acceptors (Lipinski definition) is 4. The van der Waals surface area contributed by atoms with Crippen LogP contribution in [-0.2, 0) is 6.54 Å². The third-order valence-electron chi connectivity index (χ3n) is 3.08. The summed E-state index contributed by atoms with van der Waals surface area (Å²) in [7, 11) is 0. The third-order valence-corrected chi connectivity index (χ3v) is 3.87. The van der Waals surface area contributed by atoms with Crippen molar-refractivity contribution in [2.24, 2.45) is 0 Å². The molecule has 0 atom stereocenters. The highest BCUT2D eigenvalue weighted by Crippen LogP contribution is 2.22. The largest absolute Gasteiger partial charge is 0.381 e. The molecule has 5 heteroatoms. The van der Waals surface area contributed by atoms with Crippen LogP contribution >= 0.6 is 11.3 Å². The predicted octanol–water partition coefficient (Wildman–Crippen LogP) is 3.25.